The number of ether oxygens (including phenoxy) is 1. The molecular weight excluding hydrogens is 258 g/mol. The van der Waals surface area contributed by atoms with Crippen molar-refractivity contribution >= 4 is 0 Å². The second-order valence-corrected chi connectivity index (χ2v) is 7.72. The minimum Gasteiger partial charge on any atom is -0.375 e. The molecule has 124 valence electrons. The molecule has 2 aliphatic rings. The van der Waals surface area contributed by atoms with Gasteiger partial charge in [0, 0.05) is 6.54 Å². The molecule has 0 bridgehead atoms. The SMILES string of the molecule is CCCCC1CCC(CNCC)(CC2CCC(C)O2)CC1. The first-order valence-corrected chi connectivity index (χ1v) is 9.53. The topological polar surface area (TPSA) is 21.3 Å². The van der Waals surface area contributed by atoms with E-state index in [1.165, 1.54) is 70.8 Å². The highest BCUT2D eigenvalue weighted by Crippen LogP contribution is 2.45. The molecule has 0 aromatic rings. The number of hydrogen-bond acceptors (Lipinski definition) is 2. The summed E-state index contributed by atoms with van der Waals surface area (Å²) in [5.74, 6) is 1.00. The summed E-state index contributed by atoms with van der Waals surface area (Å²) in [6.07, 6.45) is 14.9. The zero-order valence-corrected chi connectivity index (χ0v) is 14.6. The lowest BCUT2D eigenvalue weighted by molar-refractivity contribution is 0.00522. The van der Waals surface area contributed by atoms with Crippen LogP contribution in [0.25, 0.3) is 0 Å². The lowest BCUT2D eigenvalue weighted by atomic mass is 9.66. The van der Waals surface area contributed by atoms with Crippen molar-refractivity contribution in [3.63, 3.8) is 0 Å². The summed E-state index contributed by atoms with van der Waals surface area (Å²) >= 11 is 0. The normalized spacial score (nSPS) is 37.0. The average Bonchev–Trinajstić information content (AvgIpc) is 2.89. The first-order valence-electron chi connectivity index (χ1n) is 9.53. The highest BCUT2D eigenvalue weighted by Gasteiger charge is 2.38. The van der Waals surface area contributed by atoms with Crippen molar-refractivity contribution in [2.24, 2.45) is 11.3 Å². The van der Waals surface area contributed by atoms with Gasteiger partial charge in [0.05, 0.1) is 12.2 Å². The van der Waals surface area contributed by atoms with Crippen molar-refractivity contribution in [2.75, 3.05) is 13.1 Å². The fourth-order valence-electron chi connectivity index (χ4n) is 4.43. The molecule has 1 heterocycles. The van der Waals surface area contributed by atoms with E-state index in [4.69, 9.17) is 4.74 Å². The molecule has 1 saturated heterocycles. The van der Waals surface area contributed by atoms with Crippen molar-refractivity contribution in [1.29, 1.82) is 0 Å². The molecule has 1 saturated carbocycles. The summed E-state index contributed by atoms with van der Waals surface area (Å²) in [6.45, 7) is 9.09. The van der Waals surface area contributed by atoms with Gasteiger partial charge in [-0.05, 0) is 69.7 Å². The van der Waals surface area contributed by atoms with Gasteiger partial charge in [-0.2, -0.15) is 0 Å². The number of unbranched alkanes of at least 4 members (excludes halogenated alkanes) is 1. The summed E-state index contributed by atoms with van der Waals surface area (Å²) in [7, 11) is 0. The second-order valence-electron chi connectivity index (χ2n) is 7.72. The predicted molar refractivity (Wildman–Crippen MR) is 90.6 cm³/mol. The molecule has 1 N–H and O–H groups in total. The third-order valence-electron chi connectivity index (χ3n) is 5.86. The summed E-state index contributed by atoms with van der Waals surface area (Å²) in [4.78, 5) is 0. The van der Waals surface area contributed by atoms with Crippen LogP contribution in [0, 0.1) is 11.3 Å². The minimum atomic E-state index is 0.493. The molecule has 0 aromatic carbocycles. The van der Waals surface area contributed by atoms with E-state index in [0.29, 0.717) is 17.6 Å². The van der Waals surface area contributed by atoms with Crippen LogP contribution in [0.1, 0.15) is 85.0 Å². The van der Waals surface area contributed by atoms with E-state index in [2.05, 4.69) is 26.1 Å². The predicted octanol–water partition coefficient (Wildman–Crippen LogP) is 4.92. The highest BCUT2D eigenvalue weighted by atomic mass is 16.5. The quantitative estimate of drug-likeness (QED) is 0.686. The molecule has 1 aliphatic heterocycles. The number of nitrogens with one attached hydrogen (secondary N) is 1. The maximum absolute atomic E-state index is 6.13. The van der Waals surface area contributed by atoms with Gasteiger partial charge < -0.3 is 10.1 Å². The van der Waals surface area contributed by atoms with E-state index in [1.807, 2.05) is 0 Å². The second kappa shape index (κ2) is 8.53. The molecule has 2 fully saturated rings. The summed E-state index contributed by atoms with van der Waals surface area (Å²) in [5.41, 5.74) is 0.521. The Morgan fingerprint density at radius 3 is 2.43 bits per heavy atom. The Bertz CT molecular complexity index is 283. The lowest BCUT2D eigenvalue weighted by Crippen LogP contribution is -2.40. The third-order valence-corrected chi connectivity index (χ3v) is 5.86. The molecule has 0 amide bonds. The Hall–Kier alpha value is -0.0800. The molecule has 2 nitrogen and oxygen atoms in total. The Kier molecular flexibility index (Phi) is 7.01. The lowest BCUT2D eigenvalue weighted by Gasteiger charge is -2.42. The molecule has 2 unspecified atom stereocenters. The van der Waals surface area contributed by atoms with Gasteiger partial charge in [-0.25, -0.2) is 0 Å². The third kappa shape index (κ3) is 5.25. The Morgan fingerprint density at radius 1 is 1.10 bits per heavy atom. The van der Waals surface area contributed by atoms with E-state index in [1.54, 1.807) is 0 Å². The molecule has 1 aliphatic carbocycles. The van der Waals surface area contributed by atoms with Gasteiger partial charge in [-0.15, -0.1) is 0 Å². The van der Waals surface area contributed by atoms with E-state index in [-0.39, 0.29) is 0 Å². The van der Waals surface area contributed by atoms with Crippen LogP contribution in [0.15, 0.2) is 0 Å². The van der Waals surface area contributed by atoms with Crippen LogP contribution >= 0.6 is 0 Å². The molecule has 21 heavy (non-hydrogen) atoms. The van der Waals surface area contributed by atoms with Crippen molar-refractivity contribution < 1.29 is 4.74 Å². The highest BCUT2D eigenvalue weighted by molar-refractivity contribution is 4.91. The van der Waals surface area contributed by atoms with Crippen LogP contribution in [0.4, 0.5) is 0 Å². The fraction of sp³-hybridized carbons (Fsp3) is 1.00. The smallest absolute Gasteiger partial charge is 0.0585 e. The van der Waals surface area contributed by atoms with Gasteiger partial charge >= 0.3 is 0 Å². The van der Waals surface area contributed by atoms with Crippen LogP contribution in [-0.2, 0) is 4.74 Å². The average molecular weight is 296 g/mol. The van der Waals surface area contributed by atoms with Crippen LogP contribution in [-0.4, -0.2) is 25.3 Å². The molecule has 0 radical (unpaired) electrons. The van der Waals surface area contributed by atoms with E-state index < -0.39 is 0 Å². The van der Waals surface area contributed by atoms with E-state index >= 15 is 0 Å². The van der Waals surface area contributed by atoms with Gasteiger partial charge in [-0.1, -0.05) is 33.1 Å². The standard InChI is InChI=1S/C19H37NO/c1-4-6-7-17-10-12-19(13-11-17,15-20-5-2)14-18-9-8-16(3)21-18/h16-18,20H,4-15H2,1-3H3. The van der Waals surface area contributed by atoms with Crippen LogP contribution in [0.5, 0.6) is 0 Å². The number of rotatable bonds is 8. The van der Waals surface area contributed by atoms with Crippen molar-refractivity contribution in [3.8, 4) is 0 Å². The first-order chi connectivity index (χ1) is 10.2. The molecule has 2 heteroatoms. The van der Waals surface area contributed by atoms with Crippen molar-refractivity contribution in [3.05, 3.63) is 0 Å². The maximum Gasteiger partial charge on any atom is 0.0585 e. The van der Waals surface area contributed by atoms with Gasteiger partial charge in [0.2, 0.25) is 0 Å². The first kappa shape index (κ1) is 17.3. The summed E-state index contributed by atoms with van der Waals surface area (Å²) < 4.78 is 6.13. The largest absolute Gasteiger partial charge is 0.375 e. The van der Waals surface area contributed by atoms with Crippen molar-refractivity contribution in [2.45, 2.75) is 97.2 Å². The van der Waals surface area contributed by atoms with Gasteiger partial charge in [0.25, 0.3) is 0 Å². The fourth-order valence-corrected chi connectivity index (χ4v) is 4.43. The molecule has 0 spiro atoms. The van der Waals surface area contributed by atoms with Crippen LogP contribution in [0.2, 0.25) is 0 Å². The van der Waals surface area contributed by atoms with Crippen molar-refractivity contribution in [1.82, 2.24) is 5.32 Å². The summed E-state index contributed by atoms with van der Waals surface area (Å²) in [5, 5.41) is 3.65. The van der Waals surface area contributed by atoms with Crippen LogP contribution in [0.3, 0.4) is 0 Å². The monoisotopic (exact) mass is 295 g/mol. The van der Waals surface area contributed by atoms with Gasteiger partial charge in [0.15, 0.2) is 0 Å². The van der Waals surface area contributed by atoms with Gasteiger partial charge in [0.1, 0.15) is 0 Å². The molecule has 2 rings (SSSR count). The van der Waals surface area contributed by atoms with Gasteiger partial charge in [-0.3, -0.25) is 0 Å². The van der Waals surface area contributed by atoms with Crippen LogP contribution < -0.4 is 5.32 Å². The Balaban J connectivity index is 1.86. The zero-order chi connectivity index (χ0) is 15.1. The molecule has 0 aromatic heterocycles. The zero-order valence-electron chi connectivity index (χ0n) is 14.6. The molecular formula is C19H37NO. The summed E-state index contributed by atoms with van der Waals surface area (Å²) in [6, 6.07) is 0. The Labute approximate surface area is 132 Å². The number of hydrogen-bond donors (Lipinski definition) is 1. The minimum absolute atomic E-state index is 0.493. The van der Waals surface area contributed by atoms with E-state index in [9.17, 15) is 0 Å². The Morgan fingerprint density at radius 2 is 1.86 bits per heavy atom. The maximum atomic E-state index is 6.13. The molecule has 2 atom stereocenters. The van der Waals surface area contributed by atoms with E-state index in [0.717, 1.165) is 12.5 Å².